The van der Waals surface area contributed by atoms with Crippen molar-refractivity contribution in [2.45, 2.75) is 57.6 Å². The molecule has 0 radical (unpaired) electrons. The predicted octanol–water partition coefficient (Wildman–Crippen LogP) is 3.53. The second-order valence-electron chi connectivity index (χ2n) is 10.4. The normalized spacial score (nSPS) is 18.6. The number of benzene rings is 2. The number of carbonyl (C=O) groups excluding carboxylic acids is 1. The molecular formula is C31H31N5O4S. The molecular weight excluding hydrogens is 538 g/mol. The Morgan fingerprint density at radius 1 is 1.15 bits per heavy atom. The van der Waals surface area contributed by atoms with E-state index in [2.05, 4.69) is 15.3 Å². The maximum absolute atomic E-state index is 13.9. The first-order valence-electron chi connectivity index (χ1n) is 13.9. The number of thiazole rings is 1. The van der Waals surface area contributed by atoms with Crippen LogP contribution in [-0.2, 0) is 15.1 Å². The summed E-state index contributed by atoms with van der Waals surface area (Å²) in [5.74, 6) is -0.477. The van der Waals surface area contributed by atoms with Gasteiger partial charge in [-0.25, -0.2) is 14.5 Å². The summed E-state index contributed by atoms with van der Waals surface area (Å²) in [5.41, 5.74) is 2.70. The van der Waals surface area contributed by atoms with Crippen LogP contribution >= 0.6 is 11.3 Å². The number of aliphatic hydroxyl groups is 1. The largest absolute Gasteiger partial charge is 0.463 e. The van der Waals surface area contributed by atoms with Crippen LogP contribution in [0, 0.1) is 0 Å². The lowest BCUT2D eigenvalue weighted by Gasteiger charge is -2.29. The van der Waals surface area contributed by atoms with Crippen LogP contribution in [0.1, 0.15) is 68.8 Å². The molecule has 1 fully saturated rings. The standard InChI is InChI=1S/C31H31N5O4S/c1-3-40-29(38)26-20(2)32-30-36(27(26)22-12-6-4-7-13-22)28(37)24(41-30)18-21-11-10-14-23(17-21)35-19-25(33-34-35)31(39)15-8-5-9-16-31/h4,6-7,10-14,17-19,27,39H,3,5,8-9,15-16H2,1-2H3/b24-18-. The number of nitrogens with zero attached hydrogens (tertiary/aromatic N) is 5. The Bertz CT molecular complexity index is 1810. The molecule has 1 unspecified atom stereocenters. The van der Waals surface area contributed by atoms with Crippen LogP contribution in [0.15, 0.2) is 81.9 Å². The Balaban J connectivity index is 1.40. The molecule has 4 aromatic rings. The van der Waals surface area contributed by atoms with Crippen molar-refractivity contribution in [3.05, 3.63) is 109 Å². The van der Waals surface area contributed by atoms with Gasteiger partial charge in [-0.3, -0.25) is 9.36 Å². The first-order valence-corrected chi connectivity index (χ1v) is 14.7. The second kappa shape index (κ2) is 11.0. The van der Waals surface area contributed by atoms with Crippen molar-refractivity contribution in [1.82, 2.24) is 19.6 Å². The van der Waals surface area contributed by atoms with Gasteiger partial charge in [0, 0.05) is 0 Å². The number of allylic oxidation sites excluding steroid dienone is 1. The van der Waals surface area contributed by atoms with E-state index in [0.29, 0.717) is 39.1 Å². The Labute approximate surface area is 240 Å². The van der Waals surface area contributed by atoms with Crippen LogP contribution in [0.4, 0.5) is 0 Å². The number of carbonyl (C=O) groups is 1. The number of hydrogen-bond donors (Lipinski definition) is 1. The topological polar surface area (TPSA) is 112 Å². The Morgan fingerprint density at radius 2 is 1.93 bits per heavy atom. The molecule has 0 amide bonds. The lowest BCUT2D eigenvalue weighted by atomic mass is 9.83. The molecule has 0 saturated heterocycles. The van der Waals surface area contributed by atoms with Crippen molar-refractivity contribution in [1.29, 1.82) is 0 Å². The highest BCUT2D eigenvalue weighted by atomic mass is 32.1. The maximum atomic E-state index is 13.9. The Morgan fingerprint density at radius 3 is 2.68 bits per heavy atom. The summed E-state index contributed by atoms with van der Waals surface area (Å²) in [6, 6.07) is 16.5. The van der Waals surface area contributed by atoms with E-state index < -0.39 is 17.6 Å². The van der Waals surface area contributed by atoms with E-state index in [4.69, 9.17) is 4.74 Å². The summed E-state index contributed by atoms with van der Waals surface area (Å²) < 4.78 is 9.10. The molecule has 1 aliphatic carbocycles. The molecule has 10 heteroatoms. The van der Waals surface area contributed by atoms with Crippen molar-refractivity contribution in [2.75, 3.05) is 6.61 Å². The molecule has 1 aliphatic heterocycles. The molecule has 2 aliphatic rings. The molecule has 3 heterocycles. The van der Waals surface area contributed by atoms with Gasteiger partial charge >= 0.3 is 5.97 Å². The van der Waals surface area contributed by atoms with Gasteiger partial charge < -0.3 is 9.84 Å². The monoisotopic (exact) mass is 569 g/mol. The summed E-state index contributed by atoms with van der Waals surface area (Å²) in [7, 11) is 0. The smallest absolute Gasteiger partial charge is 0.338 e. The van der Waals surface area contributed by atoms with E-state index in [9.17, 15) is 14.7 Å². The fourth-order valence-corrected chi connectivity index (χ4v) is 6.69. The average molecular weight is 570 g/mol. The van der Waals surface area contributed by atoms with Crippen LogP contribution in [0.5, 0.6) is 0 Å². The third-order valence-corrected chi connectivity index (χ3v) is 8.70. The van der Waals surface area contributed by atoms with E-state index in [1.54, 1.807) is 29.3 Å². The minimum Gasteiger partial charge on any atom is -0.463 e. The van der Waals surface area contributed by atoms with Crippen molar-refractivity contribution < 1.29 is 14.6 Å². The molecule has 2 aromatic heterocycles. The summed E-state index contributed by atoms with van der Waals surface area (Å²) in [6.45, 7) is 3.76. The van der Waals surface area contributed by atoms with E-state index in [1.165, 1.54) is 11.3 Å². The molecule has 6 rings (SSSR count). The maximum Gasteiger partial charge on any atom is 0.338 e. The van der Waals surface area contributed by atoms with Crippen molar-refractivity contribution in [3.8, 4) is 5.69 Å². The van der Waals surface area contributed by atoms with E-state index in [0.717, 1.165) is 36.1 Å². The highest BCUT2D eigenvalue weighted by Crippen LogP contribution is 2.36. The second-order valence-corrected chi connectivity index (χ2v) is 11.5. The zero-order chi connectivity index (χ0) is 28.6. The predicted molar refractivity (Wildman–Crippen MR) is 155 cm³/mol. The van der Waals surface area contributed by atoms with Crippen molar-refractivity contribution in [3.63, 3.8) is 0 Å². The van der Waals surface area contributed by atoms with Crippen molar-refractivity contribution in [2.24, 2.45) is 4.99 Å². The van der Waals surface area contributed by atoms with Gasteiger partial charge in [-0.05, 0) is 56.0 Å². The van der Waals surface area contributed by atoms with Crippen LogP contribution in [0.3, 0.4) is 0 Å². The molecule has 0 spiro atoms. The number of ether oxygens (including phenoxy) is 1. The number of esters is 1. The van der Waals surface area contributed by atoms with Gasteiger partial charge in [0.15, 0.2) is 4.80 Å². The van der Waals surface area contributed by atoms with Crippen molar-refractivity contribution >= 4 is 23.4 Å². The lowest BCUT2D eigenvalue weighted by molar-refractivity contribution is -0.139. The summed E-state index contributed by atoms with van der Waals surface area (Å²) >= 11 is 1.28. The Hall–Kier alpha value is -4.15. The minimum atomic E-state index is -0.932. The van der Waals surface area contributed by atoms with Crippen LogP contribution in [0.2, 0.25) is 0 Å². The number of rotatable bonds is 6. The van der Waals surface area contributed by atoms with Gasteiger partial charge in [-0.15, -0.1) is 5.10 Å². The van der Waals surface area contributed by atoms with Gasteiger partial charge in [0.05, 0.1) is 40.3 Å². The van der Waals surface area contributed by atoms with Gasteiger partial charge in [0.2, 0.25) is 0 Å². The molecule has 2 aromatic carbocycles. The van der Waals surface area contributed by atoms with Gasteiger partial charge in [-0.1, -0.05) is 78.3 Å². The number of aromatic nitrogens is 4. The van der Waals surface area contributed by atoms with Crippen LogP contribution < -0.4 is 14.9 Å². The molecule has 41 heavy (non-hydrogen) atoms. The van der Waals surface area contributed by atoms with E-state index in [1.807, 2.05) is 60.7 Å². The molecule has 0 bridgehead atoms. The molecule has 1 atom stereocenters. The van der Waals surface area contributed by atoms with E-state index in [-0.39, 0.29) is 12.2 Å². The highest BCUT2D eigenvalue weighted by molar-refractivity contribution is 7.07. The molecule has 9 nitrogen and oxygen atoms in total. The Kier molecular flexibility index (Phi) is 7.27. The highest BCUT2D eigenvalue weighted by Gasteiger charge is 2.35. The minimum absolute atomic E-state index is 0.227. The summed E-state index contributed by atoms with van der Waals surface area (Å²) in [5, 5.41) is 19.6. The third-order valence-electron chi connectivity index (χ3n) is 7.72. The SMILES string of the molecule is CCOC(=O)C1=C(C)N=c2s/c(=C\c3cccc(-n4cc(C5(O)CCCCC5)nn4)c3)c(=O)n2C1c1ccccc1. The molecule has 1 saturated carbocycles. The average Bonchev–Trinajstić information content (AvgIpc) is 3.59. The number of hydrogen-bond acceptors (Lipinski definition) is 8. The fourth-order valence-electron chi connectivity index (χ4n) is 5.65. The quantitative estimate of drug-likeness (QED) is 0.356. The summed E-state index contributed by atoms with van der Waals surface area (Å²) in [6.07, 6.45) is 8.06. The fraction of sp³-hybridized carbons (Fsp3) is 0.323. The molecule has 210 valence electrons. The zero-order valence-electron chi connectivity index (χ0n) is 23.0. The van der Waals surface area contributed by atoms with Gasteiger partial charge in [-0.2, -0.15) is 0 Å². The van der Waals surface area contributed by atoms with E-state index >= 15 is 0 Å². The first-order chi connectivity index (χ1) is 19.9. The van der Waals surface area contributed by atoms with Crippen LogP contribution in [-0.4, -0.2) is 37.2 Å². The third kappa shape index (κ3) is 5.09. The number of fused-ring (bicyclic) bond motifs is 1. The molecule has 1 N–H and O–H groups in total. The van der Waals surface area contributed by atoms with Gasteiger partial charge in [0.1, 0.15) is 11.3 Å². The van der Waals surface area contributed by atoms with Gasteiger partial charge in [0.25, 0.3) is 5.56 Å². The zero-order valence-corrected chi connectivity index (χ0v) is 23.8. The van der Waals surface area contributed by atoms with Crippen LogP contribution in [0.25, 0.3) is 11.8 Å². The first kappa shape index (κ1) is 27.0. The lowest BCUT2D eigenvalue weighted by Crippen LogP contribution is -2.39. The summed E-state index contributed by atoms with van der Waals surface area (Å²) in [4.78, 5) is 32.0.